The average molecular weight is 443 g/mol. The van der Waals surface area contributed by atoms with Crippen molar-refractivity contribution in [1.82, 2.24) is 20.1 Å². The van der Waals surface area contributed by atoms with Gasteiger partial charge in [-0.05, 0) is 37.9 Å². The van der Waals surface area contributed by atoms with E-state index in [1.165, 1.54) is 20.3 Å². The molecule has 2 aromatic carbocycles. The number of nitrogens with zero attached hydrogens (tertiary/aromatic N) is 3. The van der Waals surface area contributed by atoms with Crippen LogP contribution in [0.4, 0.5) is 11.5 Å². The first-order valence-corrected chi connectivity index (χ1v) is 11.5. The summed E-state index contributed by atoms with van der Waals surface area (Å²) in [6.45, 7) is 2.60. The van der Waals surface area contributed by atoms with Crippen molar-refractivity contribution >= 4 is 43.1 Å². The number of rotatable bonds is 8. The minimum absolute atomic E-state index is 0.744. The number of pyridine rings is 1. The fraction of sp³-hybridized carbons (Fsp3) is 0.200. The van der Waals surface area contributed by atoms with Crippen LogP contribution < -0.4 is 10.6 Å². The molecule has 32 heavy (non-hydrogen) atoms. The van der Waals surface area contributed by atoms with Crippen LogP contribution in [0.15, 0.2) is 66.9 Å². The first-order chi connectivity index (χ1) is 15.7. The number of H-pyrrole nitrogens is 1. The van der Waals surface area contributed by atoms with Gasteiger partial charge in [0.25, 0.3) is 0 Å². The number of aromatic amines is 1. The van der Waals surface area contributed by atoms with Gasteiger partial charge >= 0.3 is 0 Å². The molecule has 0 fully saturated rings. The van der Waals surface area contributed by atoms with E-state index in [-0.39, 0.29) is 0 Å². The van der Waals surface area contributed by atoms with Gasteiger partial charge in [-0.15, -0.1) is 11.3 Å². The Morgan fingerprint density at radius 1 is 0.969 bits per heavy atom. The predicted molar refractivity (Wildman–Crippen MR) is 136 cm³/mol. The third-order valence-electron chi connectivity index (χ3n) is 5.44. The minimum atomic E-state index is 0.744. The molecule has 0 atom stereocenters. The number of nitrogens with one attached hydrogen (secondary N) is 3. The molecule has 6 nitrogen and oxygen atoms in total. The summed E-state index contributed by atoms with van der Waals surface area (Å²) in [7, 11) is 4.13. The minimum Gasteiger partial charge on any atom is -0.380 e. The second-order valence-electron chi connectivity index (χ2n) is 8.09. The van der Waals surface area contributed by atoms with E-state index in [1.807, 2.05) is 12.3 Å². The molecular weight excluding hydrogens is 416 g/mol. The summed E-state index contributed by atoms with van der Waals surface area (Å²) < 4.78 is 2.49. The van der Waals surface area contributed by atoms with Gasteiger partial charge < -0.3 is 15.5 Å². The number of hydrogen-bond donors (Lipinski definition) is 3. The lowest BCUT2D eigenvalue weighted by Crippen LogP contribution is -2.21. The van der Waals surface area contributed by atoms with Gasteiger partial charge in [0.2, 0.25) is 0 Å². The van der Waals surface area contributed by atoms with Crippen LogP contribution in [0.1, 0.15) is 5.56 Å². The zero-order chi connectivity index (χ0) is 21.9. The summed E-state index contributed by atoms with van der Waals surface area (Å²) in [5.41, 5.74) is 5.48. The van der Waals surface area contributed by atoms with Crippen molar-refractivity contribution in [3.63, 3.8) is 0 Å². The molecule has 162 valence electrons. The summed E-state index contributed by atoms with van der Waals surface area (Å²) in [5.74, 6) is 0.897. The highest BCUT2D eigenvalue weighted by Crippen LogP contribution is 2.38. The van der Waals surface area contributed by atoms with Crippen molar-refractivity contribution in [2.24, 2.45) is 0 Å². The first-order valence-electron chi connectivity index (χ1n) is 10.7. The van der Waals surface area contributed by atoms with Crippen molar-refractivity contribution in [3.8, 4) is 11.3 Å². The zero-order valence-electron chi connectivity index (χ0n) is 18.2. The first kappa shape index (κ1) is 20.5. The molecule has 0 bridgehead atoms. The van der Waals surface area contributed by atoms with Crippen LogP contribution in [0.5, 0.6) is 0 Å². The molecule has 0 unspecified atom stereocenters. The van der Waals surface area contributed by atoms with E-state index in [2.05, 4.69) is 99.4 Å². The standard InChI is InChI=1S/C25H26N6S/c1-31(2)14-13-26-22-12-11-19(16-28-22)27-15-17-7-9-18(10-8-17)23-25-24(30-29-23)20-5-3-4-6-21(20)32-25/h3-12,16,27H,13-15H2,1-2H3,(H,26,28)(H,29,30). The molecule has 3 heterocycles. The Bertz CT molecular complexity index is 1320. The highest BCUT2D eigenvalue weighted by Gasteiger charge is 2.13. The van der Waals surface area contributed by atoms with Crippen molar-refractivity contribution in [2.45, 2.75) is 6.54 Å². The molecule has 0 saturated heterocycles. The Labute approximate surface area is 191 Å². The maximum absolute atomic E-state index is 4.59. The number of benzene rings is 2. The predicted octanol–water partition coefficient (Wildman–Crippen LogP) is 5.43. The summed E-state index contributed by atoms with van der Waals surface area (Å²) in [4.78, 5) is 6.62. The van der Waals surface area contributed by atoms with E-state index in [0.717, 1.165) is 47.9 Å². The van der Waals surface area contributed by atoms with Gasteiger partial charge in [-0.25, -0.2) is 4.98 Å². The molecule has 3 aromatic heterocycles. The van der Waals surface area contributed by atoms with E-state index in [1.54, 1.807) is 11.3 Å². The molecule has 0 saturated carbocycles. The second kappa shape index (κ2) is 8.98. The number of anilines is 2. The van der Waals surface area contributed by atoms with E-state index < -0.39 is 0 Å². The molecule has 0 spiro atoms. The van der Waals surface area contributed by atoms with Crippen LogP contribution in [0.2, 0.25) is 0 Å². The van der Waals surface area contributed by atoms with Crippen LogP contribution in [0.3, 0.4) is 0 Å². The molecule has 0 aliphatic heterocycles. The molecule has 0 radical (unpaired) electrons. The van der Waals surface area contributed by atoms with Crippen molar-refractivity contribution in [3.05, 3.63) is 72.4 Å². The van der Waals surface area contributed by atoms with Gasteiger partial charge in [0.05, 0.1) is 22.1 Å². The summed E-state index contributed by atoms with van der Waals surface area (Å²) in [6.07, 6.45) is 1.87. The van der Waals surface area contributed by atoms with Gasteiger partial charge in [-0.2, -0.15) is 5.10 Å². The normalized spacial score (nSPS) is 11.5. The van der Waals surface area contributed by atoms with Gasteiger partial charge in [0.1, 0.15) is 11.5 Å². The largest absolute Gasteiger partial charge is 0.380 e. The second-order valence-corrected chi connectivity index (χ2v) is 9.14. The molecule has 0 aliphatic carbocycles. The van der Waals surface area contributed by atoms with E-state index in [0.29, 0.717) is 0 Å². The SMILES string of the molecule is CN(C)CCNc1ccc(NCc2ccc(-c3n[nH]c4c3sc3ccccc34)cc2)cn1. The monoisotopic (exact) mass is 442 g/mol. The van der Waals surface area contributed by atoms with Crippen LogP contribution >= 0.6 is 11.3 Å². The Kier molecular flexibility index (Phi) is 5.75. The summed E-state index contributed by atoms with van der Waals surface area (Å²) >= 11 is 1.79. The number of fused-ring (bicyclic) bond motifs is 3. The van der Waals surface area contributed by atoms with Crippen LogP contribution in [0, 0.1) is 0 Å². The lowest BCUT2D eigenvalue weighted by molar-refractivity contribution is 0.425. The quantitative estimate of drug-likeness (QED) is 0.299. The highest BCUT2D eigenvalue weighted by atomic mass is 32.1. The molecule has 0 amide bonds. The highest BCUT2D eigenvalue weighted by molar-refractivity contribution is 7.26. The molecule has 5 rings (SSSR count). The Hall–Kier alpha value is -3.42. The third-order valence-corrected chi connectivity index (χ3v) is 6.62. The van der Waals surface area contributed by atoms with Gasteiger partial charge in [0, 0.05) is 35.3 Å². The van der Waals surface area contributed by atoms with E-state index in [4.69, 9.17) is 0 Å². The van der Waals surface area contributed by atoms with Gasteiger partial charge in [-0.3, -0.25) is 5.10 Å². The van der Waals surface area contributed by atoms with E-state index >= 15 is 0 Å². The van der Waals surface area contributed by atoms with Crippen molar-refractivity contribution in [1.29, 1.82) is 0 Å². The number of aromatic nitrogens is 3. The molecule has 3 N–H and O–H groups in total. The van der Waals surface area contributed by atoms with Crippen LogP contribution in [-0.2, 0) is 6.54 Å². The molecule has 0 aliphatic rings. The van der Waals surface area contributed by atoms with E-state index in [9.17, 15) is 0 Å². The number of thiophene rings is 1. The Morgan fingerprint density at radius 2 is 1.81 bits per heavy atom. The van der Waals surface area contributed by atoms with Crippen LogP contribution in [0.25, 0.3) is 31.6 Å². The van der Waals surface area contributed by atoms with Gasteiger partial charge in [0.15, 0.2) is 0 Å². The maximum atomic E-state index is 4.59. The zero-order valence-corrected chi connectivity index (χ0v) is 19.0. The number of hydrogen-bond acceptors (Lipinski definition) is 6. The summed E-state index contributed by atoms with van der Waals surface area (Å²) in [6, 6.07) is 21.1. The molecule has 5 aromatic rings. The fourth-order valence-electron chi connectivity index (χ4n) is 3.68. The topological polar surface area (TPSA) is 68.9 Å². The average Bonchev–Trinajstić information content (AvgIpc) is 3.38. The lowest BCUT2D eigenvalue weighted by atomic mass is 10.1. The van der Waals surface area contributed by atoms with Crippen molar-refractivity contribution < 1.29 is 0 Å². The summed E-state index contributed by atoms with van der Waals surface area (Å²) in [5, 5.41) is 15.8. The Balaban J connectivity index is 1.23. The third kappa shape index (κ3) is 4.30. The molecule has 7 heteroatoms. The number of likely N-dealkylation sites (N-methyl/N-ethyl adjacent to an activating group) is 1. The van der Waals surface area contributed by atoms with Crippen molar-refractivity contribution in [2.75, 3.05) is 37.8 Å². The van der Waals surface area contributed by atoms with Gasteiger partial charge in [-0.1, -0.05) is 42.5 Å². The smallest absolute Gasteiger partial charge is 0.126 e. The lowest BCUT2D eigenvalue weighted by Gasteiger charge is -2.11. The van der Waals surface area contributed by atoms with Crippen LogP contribution in [-0.4, -0.2) is 47.3 Å². The maximum Gasteiger partial charge on any atom is 0.126 e. The fourth-order valence-corrected chi connectivity index (χ4v) is 4.84. The molecular formula is C25H26N6S. The Morgan fingerprint density at radius 3 is 2.59 bits per heavy atom.